The molecule has 2 amide bonds. The fourth-order valence-corrected chi connectivity index (χ4v) is 12.2. The summed E-state index contributed by atoms with van der Waals surface area (Å²) in [6.07, 6.45) is 11.4. The Kier molecular flexibility index (Phi) is 16.3. The minimum atomic E-state index is -4.59. The lowest BCUT2D eigenvalue weighted by molar-refractivity contribution is -0.437. The lowest BCUT2D eigenvalue weighted by Crippen LogP contribution is -2.31. The summed E-state index contributed by atoms with van der Waals surface area (Å²) in [6.45, 7) is 7.81. The van der Waals surface area contributed by atoms with Gasteiger partial charge in [-0.05, 0) is 129 Å². The van der Waals surface area contributed by atoms with Crippen LogP contribution in [-0.4, -0.2) is 110 Å². The zero-order chi connectivity index (χ0) is 54.2. The van der Waals surface area contributed by atoms with Gasteiger partial charge in [0, 0.05) is 66.7 Å². The summed E-state index contributed by atoms with van der Waals surface area (Å²) in [6, 6.07) is 16.4. The number of hydroxylamine groups is 2. The first-order valence-electron chi connectivity index (χ1n) is 24.0. The molecular formula is C51H60N3O16S4+. The summed E-state index contributed by atoms with van der Waals surface area (Å²) < 4.78 is 137. The summed E-state index contributed by atoms with van der Waals surface area (Å²) >= 11 is 0. The Hall–Kier alpha value is -5.66. The van der Waals surface area contributed by atoms with Crippen molar-refractivity contribution in [3.05, 3.63) is 124 Å². The quantitative estimate of drug-likeness (QED) is 0.0375. The maximum Gasteiger partial charge on any atom is 0.333 e. The first kappa shape index (κ1) is 56.1. The zero-order valence-corrected chi connectivity index (χ0v) is 44.6. The lowest BCUT2D eigenvalue weighted by atomic mass is 9.79. The monoisotopic (exact) mass is 1100 g/mol. The van der Waals surface area contributed by atoms with Crippen LogP contribution in [0.2, 0.25) is 0 Å². The minimum Gasteiger partial charge on any atom is -0.344 e. The van der Waals surface area contributed by atoms with Gasteiger partial charge in [0.1, 0.15) is 6.54 Å². The van der Waals surface area contributed by atoms with Gasteiger partial charge >= 0.3 is 5.97 Å². The van der Waals surface area contributed by atoms with E-state index in [1.54, 1.807) is 12.1 Å². The van der Waals surface area contributed by atoms with Crippen LogP contribution in [0.5, 0.6) is 0 Å². The van der Waals surface area contributed by atoms with Crippen molar-refractivity contribution in [1.82, 2.24) is 5.06 Å². The fraction of sp³-hybridized carbons (Fsp3) is 0.412. The Morgan fingerprint density at radius 1 is 0.689 bits per heavy atom. The molecule has 4 N–H and O–H groups in total. The molecular weight excluding hydrogens is 1040 g/mol. The molecule has 0 radical (unpaired) electrons. The van der Waals surface area contributed by atoms with E-state index in [9.17, 15) is 66.3 Å². The Morgan fingerprint density at radius 3 is 1.92 bits per heavy atom. The van der Waals surface area contributed by atoms with Crippen LogP contribution in [0.4, 0.5) is 11.4 Å². The molecule has 1 saturated heterocycles. The number of unbranched alkanes of at least 4 members (excludes halogenated alkanes) is 1. The van der Waals surface area contributed by atoms with Crippen LogP contribution in [-0.2, 0) is 76.9 Å². The molecule has 19 nitrogen and oxygen atoms in total. The number of hydrogen-bond donors (Lipinski definition) is 4. The molecule has 0 saturated carbocycles. The highest BCUT2D eigenvalue weighted by Gasteiger charge is 2.45. The van der Waals surface area contributed by atoms with Crippen LogP contribution in [0.3, 0.4) is 0 Å². The average Bonchev–Trinajstić information content (AvgIpc) is 3.81. The van der Waals surface area contributed by atoms with E-state index < -0.39 is 80.6 Å². The highest BCUT2D eigenvalue weighted by Crippen LogP contribution is 2.49. The molecule has 0 aromatic heterocycles. The second-order valence-electron chi connectivity index (χ2n) is 19.8. The van der Waals surface area contributed by atoms with E-state index >= 15 is 0 Å². The van der Waals surface area contributed by atoms with Crippen LogP contribution < -0.4 is 4.90 Å². The number of benzene rings is 3. The smallest absolute Gasteiger partial charge is 0.333 e. The van der Waals surface area contributed by atoms with Gasteiger partial charge in [-0.25, -0.2) is 4.79 Å². The van der Waals surface area contributed by atoms with E-state index in [1.807, 2.05) is 85.7 Å². The Bertz CT molecular complexity index is 3390. The van der Waals surface area contributed by atoms with Gasteiger partial charge in [-0.1, -0.05) is 50.3 Å². The number of hydrogen-bond acceptors (Lipinski definition) is 13. The molecule has 3 aromatic carbocycles. The molecule has 3 aromatic rings. The number of amides is 2. The van der Waals surface area contributed by atoms with Gasteiger partial charge in [0.15, 0.2) is 5.71 Å². The number of aryl methyl sites for hydroxylation is 1. The Balaban J connectivity index is 1.29. The van der Waals surface area contributed by atoms with Crippen molar-refractivity contribution in [3.63, 3.8) is 0 Å². The molecule has 1 aliphatic carbocycles. The van der Waals surface area contributed by atoms with Crippen molar-refractivity contribution >= 4 is 80.9 Å². The predicted octanol–water partition coefficient (Wildman–Crippen LogP) is 7.23. The van der Waals surface area contributed by atoms with Gasteiger partial charge in [0.2, 0.25) is 5.69 Å². The topological polar surface area (TPSA) is 287 Å². The first-order valence-corrected chi connectivity index (χ1v) is 30.1. The second-order valence-corrected chi connectivity index (χ2v) is 25.8. The van der Waals surface area contributed by atoms with Gasteiger partial charge < -0.3 is 9.74 Å². The van der Waals surface area contributed by atoms with Crippen molar-refractivity contribution in [2.45, 2.75) is 119 Å². The van der Waals surface area contributed by atoms with E-state index in [2.05, 4.69) is 0 Å². The number of anilines is 1. The van der Waals surface area contributed by atoms with Gasteiger partial charge in [0.25, 0.3) is 52.3 Å². The zero-order valence-electron chi connectivity index (χ0n) is 41.4. The molecule has 0 spiro atoms. The fourth-order valence-electron chi connectivity index (χ4n) is 10.2. The third-order valence-electron chi connectivity index (χ3n) is 13.8. The molecule has 3 aliphatic heterocycles. The molecule has 398 valence electrons. The minimum absolute atomic E-state index is 0.00220. The number of imide groups is 1. The van der Waals surface area contributed by atoms with E-state index in [1.165, 1.54) is 24.3 Å². The van der Waals surface area contributed by atoms with E-state index in [0.717, 1.165) is 27.8 Å². The Morgan fingerprint density at radius 2 is 1.30 bits per heavy atom. The number of carbonyl (C=O) groups excluding carboxylic acids is 3. The van der Waals surface area contributed by atoms with Crippen molar-refractivity contribution in [1.29, 1.82) is 0 Å². The average molecular weight is 1100 g/mol. The molecule has 0 bridgehead atoms. The summed E-state index contributed by atoms with van der Waals surface area (Å²) in [4.78, 5) is 42.5. The number of allylic oxidation sites excluding steroid dienone is 8. The van der Waals surface area contributed by atoms with Crippen LogP contribution in [0.25, 0.3) is 5.57 Å². The van der Waals surface area contributed by atoms with Crippen LogP contribution in [0, 0.1) is 0 Å². The highest BCUT2D eigenvalue weighted by molar-refractivity contribution is 7.86. The Labute approximate surface area is 431 Å². The van der Waals surface area contributed by atoms with Crippen molar-refractivity contribution in [3.8, 4) is 0 Å². The largest absolute Gasteiger partial charge is 0.344 e. The second kappa shape index (κ2) is 21.5. The van der Waals surface area contributed by atoms with E-state index in [-0.39, 0.29) is 55.0 Å². The third-order valence-corrected chi connectivity index (χ3v) is 17.2. The molecule has 23 heteroatoms. The summed E-state index contributed by atoms with van der Waals surface area (Å²) in [5, 5.41) is 0.529. The van der Waals surface area contributed by atoms with Crippen molar-refractivity contribution in [2.75, 3.05) is 29.5 Å². The number of nitrogens with zero attached hydrogens (tertiary/aromatic N) is 3. The normalized spacial score (nSPS) is 19.1. The lowest BCUT2D eigenvalue weighted by Gasteiger charge is -2.27. The van der Waals surface area contributed by atoms with Crippen molar-refractivity contribution in [2.24, 2.45) is 0 Å². The molecule has 74 heavy (non-hydrogen) atoms. The van der Waals surface area contributed by atoms with E-state index in [0.29, 0.717) is 77.5 Å². The van der Waals surface area contributed by atoms with Gasteiger partial charge in [-0.2, -0.15) is 38.2 Å². The van der Waals surface area contributed by atoms with Crippen LogP contribution in [0.1, 0.15) is 114 Å². The maximum atomic E-state index is 12.4. The number of fused-ring (bicyclic) bond motifs is 2. The van der Waals surface area contributed by atoms with E-state index in [4.69, 9.17) is 4.84 Å². The van der Waals surface area contributed by atoms with Gasteiger partial charge in [0.05, 0.1) is 26.7 Å². The number of carbonyl (C=O) groups is 3. The standard InChI is InChI=1S/C51H59N3O16S4/c1-50(2)40-32-38(73(64,65)66)20-22-42(40)52(28-8-30-71(58,59)60)44(50)24-18-35-11-7-12-36(49(35)37-16-14-34(15-17-37)10-5-6-13-48(57)70-54-46(55)26-27-47(54)56)19-25-45-51(3,4)41-33-39(74(67,68)69)21-23-43(41)53(45)29-9-31-72(61,62)63/h14-25,32-33H,5-13,26-31H2,1-4H3,(H3-,58,59,60,61,62,63,64,65,66,67,68,69)/p+1. The first-order chi connectivity index (χ1) is 34.5. The van der Waals surface area contributed by atoms with Crippen LogP contribution >= 0.6 is 0 Å². The van der Waals surface area contributed by atoms with Gasteiger partial charge in [-0.15, -0.1) is 5.06 Å². The molecule has 3 heterocycles. The summed E-state index contributed by atoms with van der Waals surface area (Å²) in [7, 11) is -17.8. The summed E-state index contributed by atoms with van der Waals surface area (Å²) in [5.74, 6) is -2.82. The summed E-state index contributed by atoms with van der Waals surface area (Å²) in [5.41, 5.74) is 6.47. The van der Waals surface area contributed by atoms with Crippen LogP contribution in [0.15, 0.2) is 112 Å². The maximum absolute atomic E-state index is 12.4. The highest BCUT2D eigenvalue weighted by atomic mass is 32.2. The van der Waals surface area contributed by atoms with Crippen molar-refractivity contribution < 1.29 is 75.7 Å². The third kappa shape index (κ3) is 12.9. The molecule has 0 unspecified atom stereocenters. The molecule has 4 aliphatic rings. The molecule has 7 rings (SSSR count). The predicted molar refractivity (Wildman–Crippen MR) is 275 cm³/mol. The molecule has 1 fully saturated rings. The number of rotatable bonds is 20. The van der Waals surface area contributed by atoms with Gasteiger partial charge in [-0.3, -0.25) is 27.8 Å². The molecule has 0 atom stereocenters. The SMILES string of the molecule is CC1(C)C(/C=C/C2=C(c3ccc(CCCCC(=O)ON4C(=O)CCC4=O)cc3)C(=C/C=C3/N(CCCS(=O)(=O)O)c4ccc(S(=O)(=O)O)cc4C3(C)C)/CCC2)=[N+](CCCS(=O)(=O)O)c2ccc(S(=O)(=O)O)cc21.